The second-order valence-electron chi connectivity index (χ2n) is 4.45. The Balaban J connectivity index is 1.92. The van der Waals surface area contributed by atoms with Crippen LogP contribution in [0.3, 0.4) is 0 Å². The van der Waals surface area contributed by atoms with Crippen LogP contribution in [0.15, 0.2) is 41.1 Å². The number of aromatic nitrogens is 2. The van der Waals surface area contributed by atoms with Crippen LogP contribution in [0.25, 0.3) is 23.3 Å². The molecule has 0 unspecified atom stereocenters. The number of oxazole rings is 1. The van der Waals surface area contributed by atoms with Crippen LogP contribution in [0.4, 0.5) is 4.39 Å². The number of fused-ring (bicyclic) bond motifs is 1. The van der Waals surface area contributed by atoms with E-state index >= 15 is 0 Å². The second kappa shape index (κ2) is 5.25. The van der Waals surface area contributed by atoms with E-state index < -0.39 is 0 Å². The third-order valence-electron chi connectivity index (χ3n) is 3.03. The van der Waals surface area contributed by atoms with Crippen molar-refractivity contribution in [3.05, 3.63) is 59.5 Å². The summed E-state index contributed by atoms with van der Waals surface area (Å²) in [4.78, 5) is 8.28. The van der Waals surface area contributed by atoms with Crippen LogP contribution < -0.4 is 0 Å². The van der Waals surface area contributed by atoms with Gasteiger partial charge in [-0.25, -0.2) is 9.37 Å². The second-order valence-corrected chi connectivity index (χ2v) is 4.45. The van der Waals surface area contributed by atoms with Gasteiger partial charge in [0.25, 0.3) is 0 Å². The van der Waals surface area contributed by atoms with Crippen molar-refractivity contribution < 1.29 is 8.81 Å². The summed E-state index contributed by atoms with van der Waals surface area (Å²) in [5.74, 6) is 0.00699. The van der Waals surface area contributed by atoms with Crippen LogP contribution in [0.2, 0.25) is 0 Å². The molecule has 0 saturated heterocycles. The molecular formula is C16H13FN2O. The number of nitrogens with zero attached hydrogens (tertiary/aromatic N) is 2. The van der Waals surface area contributed by atoms with E-state index in [1.807, 2.05) is 18.3 Å². The molecule has 3 rings (SSSR count). The van der Waals surface area contributed by atoms with Gasteiger partial charge in [-0.3, -0.25) is 4.98 Å². The van der Waals surface area contributed by atoms with E-state index in [1.54, 1.807) is 24.4 Å². The molecule has 20 heavy (non-hydrogen) atoms. The van der Waals surface area contributed by atoms with E-state index in [4.69, 9.17) is 4.42 Å². The molecule has 0 atom stereocenters. The fourth-order valence-corrected chi connectivity index (χ4v) is 1.96. The molecule has 0 saturated carbocycles. The number of halogens is 1. The zero-order valence-electron chi connectivity index (χ0n) is 11.0. The third kappa shape index (κ3) is 2.45. The average molecular weight is 268 g/mol. The molecule has 0 fully saturated rings. The van der Waals surface area contributed by atoms with Crippen molar-refractivity contribution in [2.45, 2.75) is 13.3 Å². The van der Waals surface area contributed by atoms with Crippen molar-refractivity contribution in [2.75, 3.05) is 0 Å². The first kappa shape index (κ1) is 12.5. The SMILES string of the molecule is CCc1cncc(/C=C/c2nc3c(F)cccc3o2)c1. The molecule has 0 bridgehead atoms. The lowest BCUT2D eigenvalue weighted by atomic mass is 10.1. The maximum absolute atomic E-state index is 13.5. The van der Waals surface area contributed by atoms with Gasteiger partial charge in [0.2, 0.25) is 5.89 Å². The molecule has 0 amide bonds. The van der Waals surface area contributed by atoms with Gasteiger partial charge in [0, 0.05) is 18.5 Å². The van der Waals surface area contributed by atoms with Crippen LogP contribution in [0.1, 0.15) is 23.9 Å². The minimum atomic E-state index is -0.374. The van der Waals surface area contributed by atoms with Crippen LogP contribution >= 0.6 is 0 Å². The van der Waals surface area contributed by atoms with Crippen molar-refractivity contribution in [1.29, 1.82) is 0 Å². The standard InChI is InChI=1S/C16H13FN2O/c1-2-11-8-12(10-18-9-11)6-7-15-19-16-13(17)4-3-5-14(16)20-15/h3-10H,2H2,1H3/b7-6+. The van der Waals surface area contributed by atoms with E-state index in [9.17, 15) is 4.39 Å². The lowest BCUT2D eigenvalue weighted by molar-refractivity contribution is 0.589. The highest BCUT2D eigenvalue weighted by molar-refractivity contribution is 5.76. The van der Waals surface area contributed by atoms with Gasteiger partial charge >= 0.3 is 0 Å². The fourth-order valence-electron chi connectivity index (χ4n) is 1.96. The predicted molar refractivity (Wildman–Crippen MR) is 76.5 cm³/mol. The van der Waals surface area contributed by atoms with Gasteiger partial charge in [0.15, 0.2) is 11.4 Å². The molecule has 0 aliphatic carbocycles. The van der Waals surface area contributed by atoms with Gasteiger partial charge in [0.1, 0.15) is 5.52 Å². The largest absolute Gasteiger partial charge is 0.437 e. The van der Waals surface area contributed by atoms with Crippen molar-refractivity contribution >= 4 is 23.3 Å². The molecule has 0 spiro atoms. The molecule has 0 aliphatic rings. The lowest BCUT2D eigenvalue weighted by Gasteiger charge is -1.96. The van der Waals surface area contributed by atoms with E-state index in [2.05, 4.69) is 16.9 Å². The van der Waals surface area contributed by atoms with Crippen molar-refractivity contribution in [1.82, 2.24) is 9.97 Å². The molecule has 1 aromatic carbocycles. The van der Waals surface area contributed by atoms with Crippen molar-refractivity contribution in [3.63, 3.8) is 0 Å². The van der Waals surface area contributed by atoms with Gasteiger partial charge < -0.3 is 4.42 Å². The number of hydrogen-bond acceptors (Lipinski definition) is 3. The molecule has 3 aromatic rings. The van der Waals surface area contributed by atoms with E-state index in [0.717, 1.165) is 17.5 Å². The highest BCUT2D eigenvalue weighted by Gasteiger charge is 2.07. The van der Waals surface area contributed by atoms with Crippen molar-refractivity contribution in [3.8, 4) is 0 Å². The lowest BCUT2D eigenvalue weighted by Crippen LogP contribution is -1.83. The molecule has 100 valence electrons. The van der Waals surface area contributed by atoms with Gasteiger partial charge in [-0.1, -0.05) is 13.0 Å². The summed E-state index contributed by atoms with van der Waals surface area (Å²) in [7, 11) is 0. The zero-order valence-corrected chi connectivity index (χ0v) is 11.0. The fraction of sp³-hybridized carbons (Fsp3) is 0.125. The summed E-state index contributed by atoms with van der Waals surface area (Å²) in [6.07, 6.45) is 8.11. The van der Waals surface area contributed by atoms with E-state index in [1.165, 1.54) is 6.07 Å². The van der Waals surface area contributed by atoms with Gasteiger partial charge in [0.05, 0.1) is 0 Å². The number of para-hydroxylation sites is 1. The maximum atomic E-state index is 13.5. The van der Waals surface area contributed by atoms with E-state index in [-0.39, 0.29) is 11.3 Å². The first-order valence-corrected chi connectivity index (χ1v) is 6.43. The minimum absolute atomic E-state index is 0.257. The van der Waals surface area contributed by atoms with Gasteiger partial charge in [-0.15, -0.1) is 0 Å². The minimum Gasteiger partial charge on any atom is -0.437 e. The maximum Gasteiger partial charge on any atom is 0.220 e. The number of benzene rings is 1. The van der Waals surface area contributed by atoms with Gasteiger partial charge in [-0.05, 0) is 41.8 Å². The van der Waals surface area contributed by atoms with Crippen molar-refractivity contribution in [2.24, 2.45) is 0 Å². The van der Waals surface area contributed by atoms with Crippen LogP contribution in [0, 0.1) is 5.82 Å². The quantitative estimate of drug-likeness (QED) is 0.718. The molecule has 0 N–H and O–H groups in total. The molecule has 2 heterocycles. The number of hydrogen-bond donors (Lipinski definition) is 0. The third-order valence-corrected chi connectivity index (χ3v) is 3.03. The Morgan fingerprint density at radius 1 is 1.25 bits per heavy atom. The number of aryl methyl sites for hydroxylation is 1. The van der Waals surface area contributed by atoms with Gasteiger partial charge in [-0.2, -0.15) is 0 Å². The highest BCUT2D eigenvalue weighted by Crippen LogP contribution is 2.19. The first-order chi connectivity index (χ1) is 9.76. The summed E-state index contributed by atoms with van der Waals surface area (Å²) in [6, 6.07) is 6.72. The van der Waals surface area contributed by atoms with Crippen LogP contribution in [-0.2, 0) is 6.42 Å². The average Bonchev–Trinajstić information content (AvgIpc) is 2.90. The summed E-state index contributed by atoms with van der Waals surface area (Å²) >= 11 is 0. The molecular weight excluding hydrogens is 255 g/mol. The molecule has 3 nitrogen and oxygen atoms in total. The summed E-state index contributed by atoms with van der Waals surface area (Å²) < 4.78 is 19.0. The highest BCUT2D eigenvalue weighted by atomic mass is 19.1. The molecule has 0 aliphatic heterocycles. The Bertz CT molecular complexity index is 777. The Morgan fingerprint density at radius 2 is 2.15 bits per heavy atom. The summed E-state index contributed by atoms with van der Waals surface area (Å²) in [5.41, 5.74) is 2.83. The Labute approximate surface area is 115 Å². The molecule has 2 aromatic heterocycles. The number of rotatable bonds is 3. The summed E-state index contributed by atoms with van der Waals surface area (Å²) in [5, 5.41) is 0. The summed E-state index contributed by atoms with van der Waals surface area (Å²) in [6.45, 7) is 2.08. The zero-order chi connectivity index (χ0) is 13.9. The smallest absolute Gasteiger partial charge is 0.220 e. The monoisotopic (exact) mass is 268 g/mol. The van der Waals surface area contributed by atoms with Crippen LogP contribution in [-0.4, -0.2) is 9.97 Å². The number of pyridine rings is 1. The topological polar surface area (TPSA) is 38.9 Å². The van der Waals surface area contributed by atoms with E-state index in [0.29, 0.717) is 11.5 Å². The Morgan fingerprint density at radius 3 is 2.95 bits per heavy atom. The predicted octanol–water partition coefficient (Wildman–Crippen LogP) is 4.09. The first-order valence-electron chi connectivity index (χ1n) is 6.43. The normalized spacial score (nSPS) is 11.5. The Kier molecular flexibility index (Phi) is 3.29. The molecule has 4 heteroatoms. The molecule has 0 radical (unpaired) electrons. The Hall–Kier alpha value is -2.49. The van der Waals surface area contributed by atoms with Crippen LogP contribution in [0.5, 0.6) is 0 Å².